The summed E-state index contributed by atoms with van der Waals surface area (Å²) >= 11 is 6.29. The molecule has 2 aromatic rings. The van der Waals surface area contributed by atoms with Crippen molar-refractivity contribution in [1.82, 2.24) is 4.90 Å². The minimum absolute atomic E-state index is 0.249. The maximum absolute atomic E-state index is 10.6. The Hall–Kier alpha value is -1.95. The van der Waals surface area contributed by atoms with Crippen LogP contribution in [-0.2, 0) is 0 Å². The number of fused-ring (bicyclic) bond motifs is 1. The van der Waals surface area contributed by atoms with Crippen molar-refractivity contribution in [3.8, 4) is 11.5 Å². The summed E-state index contributed by atoms with van der Waals surface area (Å²) in [6.07, 6.45) is -0.540. The Bertz CT molecular complexity index is 747. The first-order chi connectivity index (χ1) is 12.2. The number of anilines is 1. The maximum atomic E-state index is 10.6. The van der Waals surface area contributed by atoms with Crippen molar-refractivity contribution in [1.29, 1.82) is 0 Å². The highest BCUT2D eigenvalue weighted by Gasteiger charge is 2.22. The molecule has 4 rings (SSSR count). The molecular weight excluding hydrogens is 340 g/mol. The molecule has 0 radical (unpaired) electrons. The number of benzene rings is 2. The van der Waals surface area contributed by atoms with E-state index >= 15 is 0 Å². The summed E-state index contributed by atoms with van der Waals surface area (Å²) in [5.41, 5.74) is 1.94. The summed E-state index contributed by atoms with van der Waals surface area (Å²) in [5.74, 6) is 1.45. The van der Waals surface area contributed by atoms with Gasteiger partial charge in [0.05, 0.1) is 16.8 Å². The second-order valence-electron chi connectivity index (χ2n) is 6.37. The number of para-hydroxylation sites is 1. The molecule has 1 fully saturated rings. The van der Waals surface area contributed by atoms with Gasteiger partial charge in [0.25, 0.3) is 0 Å². The number of rotatable bonds is 4. The summed E-state index contributed by atoms with van der Waals surface area (Å²) in [5, 5.41) is 11.3. The van der Waals surface area contributed by atoms with Crippen LogP contribution in [0.3, 0.4) is 0 Å². The van der Waals surface area contributed by atoms with Gasteiger partial charge in [-0.1, -0.05) is 29.8 Å². The van der Waals surface area contributed by atoms with Crippen LogP contribution in [0.5, 0.6) is 11.5 Å². The third kappa shape index (κ3) is 3.54. The average Bonchev–Trinajstić information content (AvgIpc) is 3.10. The molecule has 0 bridgehead atoms. The van der Waals surface area contributed by atoms with Crippen molar-refractivity contribution < 1.29 is 14.6 Å². The molecule has 25 heavy (non-hydrogen) atoms. The quantitative estimate of drug-likeness (QED) is 0.908. The van der Waals surface area contributed by atoms with Crippen molar-refractivity contribution in [2.24, 2.45) is 0 Å². The molecule has 0 amide bonds. The molecule has 0 spiro atoms. The van der Waals surface area contributed by atoms with Crippen molar-refractivity contribution in [3.63, 3.8) is 0 Å². The van der Waals surface area contributed by atoms with Gasteiger partial charge >= 0.3 is 0 Å². The first-order valence-corrected chi connectivity index (χ1v) is 8.88. The molecule has 0 saturated carbocycles. The number of aliphatic hydroxyl groups excluding tert-OH is 1. The van der Waals surface area contributed by atoms with E-state index in [9.17, 15) is 5.11 Å². The number of nitrogens with zero attached hydrogens (tertiary/aromatic N) is 2. The second-order valence-corrected chi connectivity index (χ2v) is 6.77. The Morgan fingerprint density at radius 3 is 2.56 bits per heavy atom. The minimum atomic E-state index is -0.540. The highest BCUT2D eigenvalue weighted by molar-refractivity contribution is 6.33. The topological polar surface area (TPSA) is 45.2 Å². The molecule has 2 aromatic carbocycles. The Morgan fingerprint density at radius 2 is 1.76 bits per heavy atom. The van der Waals surface area contributed by atoms with Crippen LogP contribution in [0.25, 0.3) is 0 Å². The van der Waals surface area contributed by atoms with Gasteiger partial charge in [0.15, 0.2) is 11.5 Å². The van der Waals surface area contributed by atoms with Gasteiger partial charge in [-0.15, -0.1) is 0 Å². The third-order valence-corrected chi connectivity index (χ3v) is 5.10. The summed E-state index contributed by atoms with van der Waals surface area (Å²) in [4.78, 5) is 4.58. The number of hydrogen-bond acceptors (Lipinski definition) is 5. The van der Waals surface area contributed by atoms with Crippen LogP contribution < -0.4 is 14.4 Å². The van der Waals surface area contributed by atoms with Crippen molar-refractivity contribution in [2.75, 3.05) is 44.4 Å². The fraction of sp³-hybridized carbons (Fsp3) is 0.368. The maximum Gasteiger partial charge on any atom is 0.231 e. The molecule has 2 heterocycles. The van der Waals surface area contributed by atoms with Gasteiger partial charge in [-0.3, -0.25) is 4.90 Å². The Morgan fingerprint density at radius 1 is 1.00 bits per heavy atom. The number of β-amino-alcohol motifs (C(OH)–C–C–N with tert-alkyl or cyclic N) is 1. The summed E-state index contributed by atoms with van der Waals surface area (Å²) in [6, 6.07) is 13.6. The smallest absolute Gasteiger partial charge is 0.231 e. The lowest BCUT2D eigenvalue weighted by Gasteiger charge is -2.37. The Balaban J connectivity index is 1.35. The van der Waals surface area contributed by atoms with Crippen molar-refractivity contribution in [3.05, 3.63) is 53.1 Å². The van der Waals surface area contributed by atoms with Crippen LogP contribution in [0, 0.1) is 0 Å². The van der Waals surface area contributed by atoms with Crippen LogP contribution in [0.1, 0.15) is 11.7 Å². The zero-order valence-corrected chi connectivity index (χ0v) is 14.7. The van der Waals surface area contributed by atoms with Gasteiger partial charge in [-0.2, -0.15) is 0 Å². The van der Waals surface area contributed by atoms with E-state index in [0.29, 0.717) is 12.3 Å². The summed E-state index contributed by atoms with van der Waals surface area (Å²) in [6.45, 7) is 4.45. The van der Waals surface area contributed by atoms with Crippen molar-refractivity contribution in [2.45, 2.75) is 6.10 Å². The Kier molecular flexibility index (Phi) is 4.70. The number of piperazine rings is 1. The lowest BCUT2D eigenvalue weighted by molar-refractivity contribution is 0.109. The largest absolute Gasteiger partial charge is 0.454 e. The monoisotopic (exact) mass is 360 g/mol. The normalized spacial score (nSPS) is 18.4. The van der Waals surface area contributed by atoms with Gasteiger partial charge < -0.3 is 19.5 Å². The molecule has 1 atom stereocenters. The second kappa shape index (κ2) is 7.12. The number of ether oxygens (including phenoxy) is 2. The van der Waals surface area contributed by atoms with E-state index in [4.69, 9.17) is 21.1 Å². The average molecular weight is 361 g/mol. The number of aliphatic hydroxyl groups is 1. The molecular formula is C19H21ClN2O3. The van der Waals surface area contributed by atoms with E-state index in [0.717, 1.165) is 48.2 Å². The van der Waals surface area contributed by atoms with E-state index < -0.39 is 6.10 Å². The van der Waals surface area contributed by atoms with E-state index in [2.05, 4.69) is 15.9 Å². The molecule has 5 nitrogen and oxygen atoms in total. The van der Waals surface area contributed by atoms with Crippen molar-refractivity contribution >= 4 is 17.3 Å². The van der Waals surface area contributed by atoms with E-state index in [-0.39, 0.29) is 6.79 Å². The minimum Gasteiger partial charge on any atom is -0.454 e. The SMILES string of the molecule is O[C@@H](CN1CCN(c2ccccc2Cl)CC1)c1ccc2c(c1)OCO2. The Labute approximate surface area is 152 Å². The molecule has 2 aliphatic heterocycles. The van der Waals surface area contributed by atoms with E-state index in [1.54, 1.807) is 0 Å². The zero-order valence-electron chi connectivity index (χ0n) is 13.9. The van der Waals surface area contributed by atoms with Crippen LogP contribution in [0.15, 0.2) is 42.5 Å². The standard InChI is InChI=1S/C19H21ClN2O3/c20-15-3-1-2-4-16(15)22-9-7-21(8-10-22)12-17(23)14-5-6-18-19(11-14)25-13-24-18/h1-6,11,17,23H,7-10,12-13H2/t17-/m0/s1. The fourth-order valence-electron chi connectivity index (χ4n) is 3.35. The van der Waals surface area contributed by atoms with Gasteiger partial charge in [-0.05, 0) is 29.8 Å². The van der Waals surface area contributed by atoms with Gasteiger partial charge in [0.1, 0.15) is 0 Å². The van der Waals surface area contributed by atoms with Gasteiger partial charge in [0, 0.05) is 32.7 Å². The highest BCUT2D eigenvalue weighted by atomic mass is 35.5. The first kappa shape index (κ1) is 16.5. The first-order valence-electron chi connectivity index (χ1n) is 8.50. The molecule has 0 aromatic heterocycles. The van der Waals surface area contributed by atoms with Crippen LogP contribution in [0.2, 0.25) is 5.02 Å². The molecule has 0 aliphatic carbocycles. The highest BCUT2D eigenvalue weighted by Crippen LogP contribution is 2.34. The lowest BCUT2D eigenvalue weighted by Crippen LogP contribution is -2.47. The zero-order chi connectivity index (χ0) is 17.2. The van der Waals surface area contributed by atoms with Crippen LogP contribution >= 0.6 is 11.6 Å². The summed E-state index contributed by atoms with van der Waals surface area (Å²) in [7, 11) is 0. The predicted molar refractivity (Wildman–Crippen MR) is 97.6 cm³/mol. The van der Waals surface area contributed by atoms with Crippen LogP contribution in [-0.4, -0.2) is 49.5 Å². The van der Waals surface area contributed by atoms with Gasteiger partial charge in [-0.25, -0.2) is 0 Å². The molecule has 1 N–H and O–H groups in total. The lowest BCUT2D eigenvalue weighted by atomic mass is 10.1. The van der Waals surface area contributed by atoms with E-state index in [1.807, 2.05) is 36.4 Å². The number of halogens is 1. The molecule has 132 valence electrons. The predicted octanol–water partition coefficient (Wildman–Crippen LogP) is 2.92. The summed E-state index contributed by atoms with van der Waals surface area (Å²) < 4.78 is 10.7. The fourth-order valence-corrected chi connectivity index (χ4v) is 3.61. The van der Waals surface area contributed by atoms with E-state index in [1.165, 1.54) is 0 Å². The van der Waals surface area contributed by atoms with Crippen LogP contribution in [0.4, 0.5) is 5.69 Å². The molecule has 1 saturated heterocycles. The molecule has 2 aliphatic rings. The molecule has 0 unspecified atom stereocenters. The number of hydrogen-bond donors (Lipinski definition) is 1. The van der Waals surface area contributed by atoms with Gasteiger partial charge in [0.2, 0.25) is 6.79 Å². The third-order valence-electron chi connectivity index (χ3n) is 4.78. The molecule has 6 heteroatoms.